The molecular weight excluding hydrogens is 459 g/mol. The van der Waals surface area contributed by atoms with Crippen LogP contribution in [0, 0.1) is 29.6 Å². The molecule has 2 bridgehead atoms. The molecule has 3 aromatic rings. The molecule has 4 aliphatic rings. The van der Waals surface area contributed by atoms with Gasteiger partial charge in [0.05, 0.1) is 28.3 Å². The lowest BCUT2D eigenvalue weighted by Gasteiger charge is -2.30. The average Bonchev–Trinajstić information content (AvgIpc) is 3.54. The fourth-order valence-electron chi connectivity index (χ4n) is 6.62. The monoisotopic (exact) mass is 476 g/mol. The zero-order chi connectivity index (χ0) is 22.4. The minimum absolute atomic E-state index is 0.0000915. The summed E-state index contributed by atoms with van der Waals surface area (Å²) in [5.41, 5.74) is 2.18. The molecule has 2 amide bonds. The summed E-state index contributed by atoms with van der Waals surface area (Å²) < 4.78 is 0. The summed E-state index contributed by atoms with van der Waals surface area (Å²) in [7, 11) is 0. The zero-order valence-electron chi connectivity index (χ0n) is 17.3. The average molecular weight is 477 g/mol. The van der Waals surface area contributed by atoms with Gasteiger partial charge in [0.1, 0.15) is 6.10 Å². The van der Waals surface area contributed by atoms with E-state index >= 15 is 0 Å². The number of fused-ring (bicyclic) bond motifs is 9. The van der Waals surface area contributed by atoms with Crippen molar-refractivity contribution in [2.75, 3.05) is 4.90 Å². The molecule has 7 heteroatoms. The van der Waals surface area contributed by atoms with E-state index < -0.39 is 0 Å². The number of rotatable bonds is 2. The number of imide groups is 1. The normalized spacial score (nSPS) is 31.7. The standard InChI is InChI=1S/C26H18Cl2N2O3/c27-14-6-8-16(19(28)10-14)23-22-17-11-18(24(22)33-29-23)21-20(17)25(31)30(26(21)32)15-7-5-12-3-1-2-4-13(12)9-15/h1-10,17-18,20-22,24H,11H2/t17-,18-,20+,21-,22-,24+/m1/s1. The Morgan fingerprint density at radius 1 is 0.848 bits per heavy atom. The van der Waals surface area contributed by atoms with E-state index in [-0.39, 0.29) is 47.5 Å². The van der Waals surface area contributed by atoms with Gasteiger partial charge in [-0.25, -0.2) is 0 Å². The third-order valence-electron chi connectivity index (χ3n) is 7.89. The molecule has 2 aliphatic carbocycles. The Morgan fingerprint density at radius 3 is 2.39 bits per heavy atom. The Labute approximate surface area is 199 Å². The van der Waals surface area contributed by atoms with E-state index in [9.17, 15) is 9.59 Å². The SMILES string of the molecule is O=C1[C@@H]2[C@H]3C[C@@H]([C@@H]4C(c5ccc(Cl)cc5Cl)=NO[C@@H]34)[C@@H]2C(=O)N1c1ccc2ccccc2c1. The number of anilines is 1. The highest BCUT2D eigenvalue weighted by molar-refractivity contribution is 6.37. The number of carbonyl (C=O) groups excluding carboxylic acids is 2. The molecule has 3 fully saturated rings. The van der Waals surface area contributed by atoms with Crippen molar-refractivity contribution in [1.82, 2.24) is 0 Å². The van der Waals surface area contributed by atoms with Gasteiger partial charge in [-0.3, -0.25) is 14.5 Å². The van der Waals surface area contributed by atoms with Gasteiger partial charge in [-0.15, -0.1) is 0 Å². The predicted octanol–water partition coefficient (Wildman–Crippen LogP) is 5.32. The number of carbonyl (C=O) groups is 2. The van der Waals surface area contributed by atoms with Gasteiger partial charge in [0.15, 0.2) is 0 Å². The molecule has 0 radical (unpaired) electrons. The van der Waals surface area contributed by atoms with E-state index in [1.807, 2.05) is 48.5 Å². The molecule has 2 heterocycles. The lowest BCUT2D eigenvalue weighted by Crippen LogP contribution is -2.41. The van der Waals surface area contributed by atoms with Crippen molar-refractivity contribution in [3.63, 3.8) is 0 Å². The highest BCUT2D eigenvalue weighted by Gasteiger charge is 2.70. The van der Waals surface area contributed by atoms with Crippen LogP contribution in [0.25, 0.3) is 10.8 Å². The van der Waals surface area contributed by atoms with Crippen LogP contribution in [-0.4, -0.2) is 23.6 Å². The fraction of sp³-hybridized carbons (Fsp3) is 0.269. The van der Waals surface area contributed by atoms with Crippen LogP contribution in [0.5, 0.6) is 0 Å². The smallest absolute Gasteiger partial charge is 0.238 e. The quantitative estimate of drug-likeness (QED) is 0.470. The van der Waals surface area contributed by atoms with E-state index in [4.69, 9.17) is 28.0 Å². The lowest BCUT2D eigenvalue weighted by atomic mass is 9.71. The molecule has 164 valence electrons. The van der Waals surface area contributed by atoms with E-state index in [0.717, 1.165) is 28.5 Å². The van der Waals surface area contributed by atoms with Gasteiger partial charge in [-0.05, 0) is 47.4 Å². The van der Waals surface area contributed by atoms with Gasteiger partial charge in [0, 0.05) is 22.4 Å². The van der Waals surface area contributed by atoms with Crippen molar-refractivity contribution in [1.29, 1.82) is 0 Å². The third-order valence-corrected chi connectivity index (χ3v) is 8.44. The fourth-order valence-corrected chi connectivity index (χ4v) is 7.12. The minimum Gasteiger partial charge on any atom is -0.391 e. The number of hydrogen-bond acceptors (Lipinski definition) is 4. The molecular formula is C26H18Cl2N2O3. The molecule has 5 nitrogen and oxygen atoms in total. The molecule has 33 heavy (non-hydrogen) atoms. The largest absolute Gasteiger partial charge is 0.391 e. The van der Waals surface area contributed by atoms with E-state index in [1.165, 1.54) is 4.90 Å². The van der Waals surface area contributed by atoms with Crippen molar-refractivity contribution in [2.45, 2.75) is 12.5 Å². The van der Waals surface area contributed by atoms with Crippen LogP contribution in [0.1, 0.15) is 12.0 Å². The van der Waals surface area contributed by atoms with Crippen molar-refractivity contribution < 1.29 is 14.4 Å². The molecule has 0 aromatic heterocycles. The number of benzene rings is 3. The summed E-state index contributed by atoms with van der Waals surface area (Å²) in [6, 6.07) is 19.0. The molecule has 3 aromatic carbocycles. The summed E-state index contributed by atoms with van der Waals surface area (Å²) in [5, 5.41) is 7.50. The van der Waals surface area contributed by atoms with Crippen molar-refractivity contribution in [3.8, 4) is 0 Å². The maximum Gasteiger partial charge on any atom is 0.238 e. The van der Waals surface area contributed by atoms with Crippen LogP contribution in [0.4, 0.5) is 5.69 Å². The van der Waals surface area contributed by atoms with Crippen LogP contribution < -0.4 is 4.90 Å². The summed E-state index contributed by atoms with van der Waals surface area (Å²) in [6.45, 7) is 0. The molecule has 0 N–H and O–H groups in total. The van der Waals surface area contributed by atoms with Gasteiger partial charge in [-0.1, -0.05) is 64.8 Å². The van der Waals surface area contributed by atoms with Gasteiger partial charge in [0.25, 0.3) is 0 Å². The minimum atomic E-state index is -0.356. The van der Waals surface area contributed by atoms with Gasteiger partial charge in [0.2, 0.25) is 11.8 Å². The van der Waals surface area contributed by atoms with Crippen LogP contribution >= 0.6 is 23.2 Å². The number of hydrogen-bond donors (Lipinski definition) is 0. The molecule has 0 unspecified atom stereocenters. The van der Waals surface area contributed by atoms with Gasteiger partial charge >= 0.3 is 0 Å². The highest BCUT2D eigenvalue weighted by atomic mass is 35.5. The molecule has 6 atom stereocenters. The van der Waals surface area contributed by atoms with Crippen LogP contribution in [-0.2, 0) is 14.4 Å². The lowest BCUT2D eigenvalue weighted by molar-refractivity contribution is -0.125. The first-order valence-electron chi connectivity index (χ1n) is 11.1. The molecule has 7 rings (SSSR count). The third kappa shape index (κ3) is 2.58. The van der Waals surface area contributed by atoms with Crippen molar-refractivity contribution >= 4 is 57.2 Å². The second kappa shape index (κ2) is 6.81. The van der Waals surface area contributed by atoms with Crippen molar-refractivity contribution in [2.24, 2.45) is 34.7 Å². The van der Waals surface area contributed by atoms with Crippen LogP contribution in [0.2, 0.25) is 10.0 Å². The topological polar surface area (TPSA) is 59.0 Å². The maximum absolute atomic E-state index is 13.6. The first-order valence-corrected chi connectivity index (χ1v) is 11.8. The van der Waals surface area contributed by atoms with Crippen LogP contribution in [0.3, 0.4) is 0 Å². The van der Waals surface area contributed by atoms with E-state index in [1.54, 1.807) is 12.1 Å². The van der Waals surface area contributed by atoms with Crippen molar-refractivity contribution in [3.05, 3.63) is 76.3 Å². The first kappa shape index (κ1) is 19.6. The molecule has 2 saturated carbocycles. The molecule has 2 aliphatic heterocycles. The van der Waals surface area contributed by atoms with E-state index in [2.05, 4.69) is 5.16 Å². The number of nitrogens with zero attached hydrogens (tertiary/aromatic N) is 2. The Bertz CT molecular complexity index is 1400. The Kier molecular flexibility index (Phi) is 4.04. The summed E-state index contributed by atoms with van der Waals surface area (Å²) in [6.07, 6.45) is 0.587. The Hall–Kier alpha value is -2.89. The highest BCUT2D eigenvalue weighted by Crippen LogP contribution is 2.62. The predicted molar refractivity (Wildman–Crippen MR) is 126 cm³/mol. The number of halogens is 2. The summed E-state index contributed by atoms with van der Waals surface area (Å²) in [4.78, 5) is 34.4. The number of amides is 2. The van der Waals surface area contributed by atoms with Gasteiger partial charge < -0.3 is 4.84 Å². The van der Waals surface area contributed by atoms with E-state index in [0.29, 0.717) is 15.7 Å². The summed E-state index contributed by atoms with van der Waals surface area (Å²) >= 11 is 12.5. The second-order valence-electron chi connectivity index (χ2n) is 9.35. The molecule has 0 spiro atoms. The summed E-state index contributed by atoms with van der Waals surface area (Å²) in [5.74, 6) is -1.02. The Morgan fingerprint density at radius 2 is 1.61 bits per heavy atom. The number of oxime groups is 1. The first-order chi connectivity index (χ1) is 16.0. The maximum atomic E-state index is 13.6. The molecule has 1 saturated heterocycles. The zero-order valence-corrected chi connectivity index (χ0v) is 18.8. The Balaban J connectivity index is 1.25. The van der Waals surface area contributed by atoms with Gasteiger partial charge in [-0.2, -0.15) is 0 Å². The second-order valence-corrected chi connectivity index (χ2v) is 10.2. The van der Waals surface area contributed by atoms with Crippen LogP contribution in [0.15, 0.2) is 65.8 Å².